The lowest BCUT2D eigenvalue weighted by Crippen LogP contribution is -2.24. The Hall–Kier alpha value is -2.40. The van der Waals surface area contributed by atoms with Crippen molar-refractivity contribution in [1.29, 1.82) is 0 Å². The van der Waals surface area contributed by atoms with Crippen molar-refractivity contribution in [3.8, 4) is 5.69 Å². The quantitative estimate of drug-likeness (QED) is 0.756. The number of benzene rings is 1. The van der Waals surface area contributed by atoms with E-state index in [0.717, 1.165) is 22.8 Å². The molecule has 1 N–H and O–H groups in total. The van der Waals surface area contributed by atoms with Crippen molar-refractivity contribution in [2.45, 2.75) is 33.1 Å². The van der Waals surface area contributed by atoms with E-state index in [4.69, 9.17) is 5.10 Å². The number of aryl methyl sites for hydroxylation is 3. The Kier molecular flexibility index (Phi) is 3.53. The molecule has 4 nitrogen and oxygen atoms in total. The number of hydrogen-bond donors (Lipinski definition) is 1. The first kappa shape index (κ1) is 15.1. The number of carbonyl (C=O) groups excluding carboxylic acids is 1. The molecule has 1 atom stereocenters. The second kappa shape index (κ2) is 5.60. The molecule has 0 bridgehead atoms. The van der Waals surface area contributed by atoms with E-state index in [9.17, 15) is 4.79 Å². The molecule has 0 saturated heterocycles. The predicted octanol–water partition coefficient (Wildman–Crippen LogP) is 4.33. The molecule has 4 rings (SSSR count). The number of hydrogen-bond acceptors (Lipinski definition) is 3. The van der Waals surface area contributed by atoms with E-state index in [1.165, 1.54) is 16.0 Å². The van der Waals surface area contributed by atoms with Crippen molar-refractivity contribution < 1.29 is 4.79 Å². The third-order valence-corrected chi connectivity index (χ3v) is 5.43. The van der Waals surface area contributed by atoms with E-state index >= 15 is 0 Å². The summed E-state index contributed by atoms with van der Waals surface area (Å²) in [5, 5.41) is 9.85. The molecule has 122 valence electrons. The Labute approximate surface area is 145 Å². The van der Waals surface area contributed by atoms with E-state index < -0.39 is 0 Å². The number of thiophene rings is 1. The van der Waals surface area contributed by atoms with Crippen LogP contribution in [-0.2, 0) is 4.79 Å². The smallest absolute Gasteiger partial charge is 0.226 e. The van der Waals surface area contributed by atoms with Gasteiger partial charge in [-0.25, -0.2) is 4.68 Å². The molecule has 5 heteroatoms. The number of nitrogens with zero attached hydrogens (tertiary/aromatic N) is 2. The van der Waals surface area contributed by atoms with Crippen LogP contribution in [0.3, 0.4) is 0 Å². The average molecular weight is 337 g/mol. The van der Waals surface area contributed by atoms with Crippen molar-refractivity contribution in [3.05, 3.63) is 63.0 Å². The van der Waals surface area contributed by atoms with Crippen molar-refractivity contribution in [1.82, 2.24) is 9.78 Å². The van der Waals surface area contributed by atoms with Crippen LogP contribution in [0.1, 0.15) is 39.6 Å². The first-order chi connectivity index (χ1) is 11.5. The summed E-state index contributed by atoms with van der Waals surface area (Å²) in [6, 6.07) is 10.5. The molecule has 0 radical (unpaired) electrons. The minimum Gasteiger partial charge on any atom is -0.310 e. The molecule has 3 aromatic rings. The summed E-state index contributed by atoms with van der Waals surface area (Å²) in [5.41, 5.74) is 5.47. The van der Waals surface area contributed by atoms with Crippen LogP contribution in [0.5, 0.6) is 0 Å². The van der Waals surface area contributed by atoms with Gasteiger partial charge in [0.2, 0.25) is 5.91 Å². The number of fused-ring (bicyclic) bond motifs is 1. The molecule has 3 heterocycles. The second-order valence-electron chi connectivity index (χ2n) is 6.43. The first-order valence-electron chi connectivity index (χ1n) is 8.04. The molecule has 1 aliphatic heterocycles. The molecule has 0 unspecified atom stereocenters. The minimum atomic E-state index is 0.0476. The van der Waals surface area contributed by atoms with Crippen molar-refractivity contribution in [3.63, 3.8) is 0 Å². The number of amides is 1. The molecule has 2 aromatic heterocycles. The average Bonchev–Trinajstić information content (AvgIpc) is 3.14. The van der Waals surface area contributed by atoms with Crippen LogP contribution in [0, 0.1) is 20.8 Å². The molecule has 24 heavy (non-hydrogen) atoms. The normalized spacial score (nSPS) is 16.8. The lowest BCUT2D eigenvalue weighted by Gasteiger charge is -2.23. The van der Waals surface area contributed by atoms with Crippen LogP contribution in [0.25, 0.3) is 5.69 Å². The molecule has 0 aliphatic carbocycles. The highest BCUT2D eigenvalue weighted by Crippen LogP contribution is 2.41. The fraction of sp³-hybridized carbons (Fsp3) is 0.263. The van der Waals surface area contributed by atoms with Crippen molar-refractivity contribution in [2.75, 3.05) is 5.32 Å². The lowest BCUT2D eigenvalue weighted by molar-refractivity contribution is -0.116. The Morgan fingerprint density at radius 1 is 1.21 bits per heavy atom. The number of nitrogens with one attached hydrogen (secondary N) is 1. The van der Waals surface area contributed by atoms with E-state index in [1.54, 1.807) is 11.3 Å². The molecule has 1 aromatic carbocycles. The third kappa shape index (κ3) is 2.45. The Morgan fingerprint density at radius 2 is 1.96 bits per heavy atom. The Balaban J connectivity index is 1.91. The van der Waals surface area contributed by atoms with Gasteiger partial charge >= 0.3 is 0 Å². The fourth-order valence-corrected chi connectivity index (χ4v) is 4.38. The second-order valence-corrected chi connectivity index (χ2v) is 7.40. The zero-order valence-electron chi connectivity index (χ0n) is 14.0. The highest BCUT2D eigenvalue weighted by atomic mass is 32.1. The first-order valence-corrected chi connectivity index (χ1v) is 8.92. The van der Waals surface area contributed by atoms with Gasteiger partial charge in [-0.1, -0.05) is 12.1 Å². The van der Waals surface area contributed by atoms with E-state index in [-0.39, 0.29) is 11.8 Å². The number of aromatic nitrogens is 2. The highest BCUT2D eigenvalue weighted by Gasteiger charge is 2.33. The zero-order valence-corrected chi connectivity index (χ0v) is 14.8. The molecule has 1 amide bonds. The van der Waals surface area contributed by atoms with E-state index in [1.807, 2.05) is 17.7 Å². The maximum Gasteiger partial charge on any atom is 0.226 e. The SMILES string of the molecule is Cc1cc(C)cc(-n2nc(C)c3c2NC(=O)C[C@@H]3c2cccs2)c1. The summed E-state index contributed by atoms with van der Waals surface area (Å²) in [6.07, 6.45) is 0.479. The van der Waals surface area contributed by atoms with Gasteiger partial charge in [-0.2, -0.15) is 5.10 Å². The van der Waals surface area contributed by atoms with Gasteiger partial charge in [-0.15, -0.1) is 11.3 Å². The van der Waals surface area contributed by atoms with Crippen LogP contribution in [0.15, 0.2) is 35.7 Å². The van der Waals surface area contributed by atoms with Crippen LogP contribution in [0.2, 0.25) is 0 Å². The van der Waals surface area contributed by atoms with Gasteiger partial charge in [0, 0.05) is 22.8 Å². The van der Waals surface area contributed by atoms with Gasteiger partial charge in [0.15, 0.2) is 0 Å². The van der Waals surface area contributed by atoms with Gasteiger partial charge in [0.1, 0.15) is 5.82 Å². The summed E-state index contributed by atoms with van der Waals surface area (Å²) in [7, 11) is 0. The highest BCUT2D eigenvalue weighted by molar-refractivity contribution is 7.10. The zero-order chi connectivity index (χ0) is 16.8. The standard InChI is InChI=1S/C19H19N3OS/c1-11-7-12(2)9-14(8-11)22-19-18(13(3)21-22)15(10-17(23)20-19)16-5-4-6-24-16/h4-9,15H,10H2,1-3H3,(H,20,23)/t15-/m1/s1. The summed E-state index contributed by atoms with van der Waals surface area (Å²) < 4.78 is 1.88. The fourth-order valence-electron chi connectivity index (χ4n) is 3.54. The van der Waals surface area contributed by atoms with Crippen LogP contribution < -0.4 is 5.32 Å². The summed E-state index contributed by atoms with van der Waals surface area (Å²) in [6.45, 7) is 6.18. The Bertz CT molecular complexity index is 904. The van der Waals surface area contributed by atoms with Crippen molar-refractivity contribution >= 4 is 23.1 Å². The van der Waals surface area contributed by atoms with Crippen LogP contribution in [-0.4, -0.2) is 15.7 Å². The van der Waals surface area contributed by atoms with Gasteiger partial charge in [0.25, 0.3) is 0 Å². The molecule has 0 spiro atoms. The monoisotopic (exact) mass is 337 g/mol. The largest absolute Gasteiger partial charge is 0.310 e. The summed E-state index contributed by atoms with van der Waals surface area (Å²) in [5.74, 6) is 0.951. The van der Waals surface area contributed by atoms with Gasteiger partial charge in [-0.3, -0.25) is 4.79 Å². The van der Waals surface area contributed by atoms with Crippen LogP contribution in [0.4, 0.5) is 5.82 Å². The Morgan fingerprint density at radius 3 is 2.62 bits per heavy atom. The van der Waals surface area contributed by atoms with Gasteiger partial charge < -0.3 is 5.32 Å². The molecular weight excluding hydrogens is 318 g/mol. The number of rotatable bonds is 2. The number of carbonyl (C=O) groups is 1. The van der Waals surface area contributed by atoms with Crippen LogP contribution >= 0.6 is 11.3 Å². The minimum absolute atomic E-state index is 0.0476. The maximum absolute atomic E-state index is 12.3. The van der Waals surface area contributed by atoms with E-state index in [0.29, 0.717) is 6.42 Å². The van der Waals surface area contributed by atoms with Gasteiger partial charge in [-0.05, 0) is 55.5 Å². The number of anilines is 1. The molecule has 1 aliphatic rings. The maximum atomic E-state index is 12.3. The van der Waals surface area contributed by atoms with Gasteiger partial charge in [0.05, 0.1) is 11.4 Å². The van der Waals surface area contributed by atoms with Crippen molar-refractivity contribution in [2.24, 2.45) is 0 Å². The topological polar surface area (TPSA) is 46.9 Å². The third-order valence-electron chi connectivity index (χ3n) is 4.44. The lowest BCUT2D eigenvalue weighted by atomic mass is 9.91. The summed E-state index contributed by atoms with van der Waals surface area (Å²) in [4.78, 5) is 13.5. The molecular formula is C19H19N3OS. The molecule has 0 fully saturated rings. The predicted molar refractivity (Wildman–Crippen MR) is 97.2 cm³/mol. The summed E-state index contributed by atoms with van der Waals surface area (Å²) >= 11 is 1.70. The van der Waals surface area contributed by atoms with E-state index in [2.05, 4.69) is 48.8 Å². The molecule has 0 saturated carbocycles.